The van der Waals surface area contributed by atoms with Gasteiger partial charge in [0.1, 0.15) is 10.9 Å². The van der Waals surface area contributed by atoms with Crippen LogP contribution in [0, 0.1) is 6.92 Å². The molecule has 0 saturated heterocycles. The van der Waals surface area contributed by atoms with Crippen molar-refractivity contribution in [3.05, 3.63) is 23.9 Å². The maximum atomic E-state index is 10.6. The molecule has 0 aliphatic rings. The normalized spacial score (nSPS) is 10.5. The van der Waals surface area contributed by atoms with Crippen LogP contribution in [0.15, 0.2) is 22.6 Å². The second-order valence-corrected chi connectivity index (χ2v) is 4.22. The first-order valence-corrected chi connectivity index (χ1v) is 5.49. The second kappa shape index (κ2) is 4.50. The minimum atomic E-state index is -1.09. The van der Waals surface area contributed by atoms with E-state index < -0.39 is 5.97 Å². The quantitative estimate of drug-likeness (QED) is 0.860. The molecule has 0 aliphatic carbocycles. The summed E-state index contributed by atoms with van der Waals surface area (Å²) in [6.45, 7) is 1.84. The Morgan fingerprint density at radius 3 is 2.59 bits per heavy atom. The van der Waals surface area contributed by atoms with Gasteiger partial charge in [-0.25, -0.2) is 14.8 Å². The molecule has 17 heavy (non-hydrogen) atoms. The van der Waals surface area contributed by atoms with Gasteiger partial charge in [0.25, 0.3) is 0 Å². The van der Waals surface area contributed by atoms with Gasteiger partial charge in [0, 0.05) is 7.05 Å². The number of carboxylic acid groups (broad SMARTS) is 1. The SMILES string of the molecule is Cc1nnc(Sc2cnc(C(=O)O)cn2)n1C. The zero-order valence-electron chi connectivity index (χ0n) is 9.15. The van der Waals surface area contributed by atoms with Gasteiger partial charge in [0.2, 0.25) is 0 Å². The molecule has 0 bridgehead atoms. The first kappa shape index (κ1) is 11.5. The molecule has 0 saturated carbocycles. The lowest BCUT2D eigenvalue weighted by atomic mass is 10.5. The molecule has 0 aliphatic heterocycles. The molecule has 0 amide bonds. The van der Waals surface area contributed by atoms with Gasteiger partial charge in [-0.2, -0.15) is 0 Å². The summed E-state index contributed by atoms with van der Waals surface area (Å²) >= 11 is 1.28. The van der Waals surface area contributed by atoms with E-state index in [2.05, 4.69) is 20.2 Å². The van der Waals surface area contributed by atoms with Gasteiger partial charge in [-0.3, -0.25) is 0 Å². The van der Waals surface area contributed by atoms with E-state index in [1.54, 1.807) is 0 Å². The van der Waals surface area contributed by atoms with Crippen molar-refractivity contribution < 1.29 is 9.90 Å². The highest BCUT2D eigenvalue weighted by Gasteiger charge is 2.09. The largest absolute Gasteiger partial charge is 0.476 e. The van der Waals surface area contributed by atoms with Crippen LogP contribution in [0.5, 0.6) is 0 Å². The molecule has 0 aromatic carbocycles. The molecule has 7 nitrogen and oxygen atoms in total. The highest BCUT2D eigenvalue weighted by molar-refractivity contribution is 7.99. The van der Waals surface area contributed by atoms with E-state index in [9.17, 15) is 4.79 Å². The third-order valence-electron chi connectivity index (χ3n) is 2.10. The number of carboxylic acids is 1. The lowest BCUT2D eigenvalue weighted by Gasteiger charge is -2.00. The summed E-state index contributed by atoms with van der Waals surface area (Å²) in [6.07, 6.45) is 2.62. The third-order valence-corrected chi connectivity index (χ3v) is 3.05. The van der Waals surface area contributed by atoms with Crippen molar-refractivity contribution in [3.8, 4) is 0 Å². The van der Waals surface area contributed by atoms with E-state index >= 15 is 0 Å². The summed E-state index contributed by atoms with van der Waals surface area (Å²) in [4.78, 5) is 18.3. The second-order valence-electron chi connectivity index (χ2n) is 3.24. The van der Waals surface area contributed by atoms with Crippen LogP contribution in [0.4, 0.5) is 0 Å². The standard InChI is InChI=1S/C9H9N5O2S/c1-5-12-13-9(14(5)2)17-7-4-10-6(3-11-7)8(15)16/h3-4H,1-2H3,(H,15,16). The van der Waals surface area contributed by atoms with Crippen LogP contribution >= 0.6 is 11.8 Å². The fraction of sp³-hybridized carbons (Fsp3) is 0.222. The predicted molar refractivity (Wildman–Crippen MR) is 58.9 cm³/mol. The first-order chi connectivity index (χ1) is 8.08. The van der Waals surface area contributed by atoms with E-state index in [0.717, 1.165) is 5.82 Å². The summed E-state index contributed by atoms with van der Waals surface area (Å²) in [6, 6.07) is 0. The Hall–Kier alpha value is -1.96. The number of aryl methyl sites for hydroxylation is 1. The zero-order valence-corrected chi connectivity index (χ0v) is 9.97. The Kier molecular flexibility index (Phi) is 3.05. The molecule has 0 spiro atoms. The minimum Gasteiger partial charge on any atom is -0.476 e. The monoisotopic (exact) mass is 251 g/mol. The Morgan fingerprint density at radius 2 is 2.12 bits per heavy atom. The molecule has 2 aromatic heterocycles. The molecule has 8 heteroatoms. The van der Waals surface area contributed by atoms with Crippen LogP contribution in [0.3, 0.4) is 0 Å². The number of aromatic carboxylic acids is 1. The number of aromatic nitrogens is 5. The lowest BCUT2D eigenvalue weighted by Crippen LogP contribution is -2.01. The molecular formula is C9H9N5O2S. The van der Waals surface area contributed by atoms with Crippen LogP contribution in [0.25, 0.3) is 0 Å². The zero-order chi connectivity index (χ0) is 12.4. The van der Waals surface area contributed by atoms with E-state index in [1.165, 1.54) is 24.2 Å². The number of hydrogen-bond acceptors (Lipinski definition) is 6. The fourth-order valence-electron chi connectivity index (χ4n) is 1.05. The summed E-state index contributed by atoms with van der Waals surface area (Å²) in [5, 5.41) is 17.8. The van der Waals surface area contributed by atoms with E-state index in [-0.39, 0.29) is 5.69 Å². The van der Waals surface area contributed by atoms with Crippen LogP contribution in [0.2, 0.25) is 0 Å². The van der Waals surface area contributed by atoms with E-state index in [1.807, 2.05) is 18.5 Å². The molecule has 0 unspecified atom stereocenters. The maximum Gasteiger partial charge on any atom is 0.356 e. The van der Waals surface area contributed by atoms with Crippen molar-refractivity contribution >= 4 is 17.7 Å². The van der Waals surface area contributed by atoms with Gasteiger partial charge in [-0.1, -0.05) is 0 Å². The number of carbonyl (C=O) groups is 1. The molecule has 2 heterocycles. The van der Waals surface area contributed by atoms with Gasteiger partial charge in [-0.15, -0.1) is 10.2 Å². The highest BCUT2D eigenvalue weighted by Crippen LogP contribution is 2.23. The van der Waals surface area contributed by atoms with Crippen LogP contribution in [-0.2, 0) is 7.05 Å². The summed E-state index contributed by atoms with van der Waals surface area (Å²) in [5.41, 5.74) is -0.0801. The van der Waals surface area contributed by atoms with Gasteiger partial charge in [0.05, 0.1) is 12.4 Å². The van der Waals surface area contributed by atoms with Crippen molar-refractivity contribution in [2.75, 3.05) is 0 Å². The smallest absolute Gasteiger partial charge is 0.356 e. The lowest BCUT2D eigenvalue weighted by molar-refractivity contribution is 0.0689. The van der Waals surface area contributed by atoms with Gasteiger partial charge in [0.15, 0.2) is 10.9 Å². The predicted octanol–water partition coefficient (Wildman–Crippen LogP) is 0.763. The van der Waals surface area contributed by atoms with Crippen molar-refractivity contribution in [3.63, 3.8) is 0 Å². The van der Waals surface area contributed by atoms with Gasteiger partial charge >= 0.3 is 5.97 Å². The van der Waals surface area contributed by atoms with E-state index in [4.69, 9.17) is 5.11 Å². The fourth-order valence-corrected chi connectivity index (χ4v) is 1.80. The van der Waals surface area contributed by atoms with Gasteiger partial charge < -0.3 is 9.67 Å². The maximum absolute atomic E-state index is 10.6. The topological polar surface area (TPSA) is 93.8 Å². The Bertz CT molecular complexity index is 551. The first-order valence-electron chi connectivity index (χ1n) is 4.67. The van der Waals surface area contributed by atoms with Crippen molar-refractivity contribution in [1.82, 2.24) is 24.7 Å². The molecule has 1 N–H and O–H groups in total. The van der Waals surface area contributed by atoms with Crippen LogP contribution in [-0.4, -0.2) is 35.8 Å². The average molecular weight is 251 g/mol. The number of rotatable bonds is 3. The summed E-state index contributed by atoms with van der Waals surface area (Å²) in [5.74, 6) is -0.300. The molecule has 2 aromatic rings. The number of hydrogen-bond donors (Lipinski definition) is 1. The van der Waals surface area contributed by atoms with Gasteiger partial charge in [-0.05, 0) is 18.7 Å². The van der Waals surface area contributed by atoms with Crippen LogP contribution in [0.1, 0.15) is 16.3 Å². The number of nitrogens with zero attached hydrogens (tertiary/aromatic N) is 5. The molecule has 2 rings (SSSR count). The van der Waals surface area contributed by atoms with E-state index in [0.29, 0.717) is 10.2 Å². The molecular weight excluding hydrogens is 242 g/mol. The Morgan fingerprint density at radius 1 is 1.35 bits per heavy atom. The highest BCUT2D eigenvalue weighted by atomic mass is 32.2. The summed E-state index contributed by atoms with van der Waals surface area (Å²) < 4.78 is 1.82. The van der Waals surface area contributed by atoms with Crippen molar-refractivity contribution in [2.45, 2.75) is 17.1 Å². The Labute approximate surface area is 101 Å². The van der Waals surface area contributed by atoms with Crippen LogP contribution < -0.4 is 0 Å². The Balaban J connectivity index is 2.19. The molecule has 0 atom stereocenters. The van der Waals surface area contributed by atoms with Crippen molar-refractivity contribution in [1.29, 1.82) is 0 Å². The molecule has 0 fully saturated rings. The molecule has 88 valence electrons. The third kappa shape index (κ3) is 2.41. The average Bonchev–Trinajstić information content (AvgIpc) is 2.62. The summed E-state index contributed by atoms with van der Waals surface area (Å²) in [7, 11) is 1.84. The van der Waals surface area contributed by atoms with Crippen molar-refractivity contribution in [2.24, 2.45) is 7.05 Å². The minimum absolute atomic E-state index is 0.0801. The molecule has 0 radical (unpaired) electrons.